The van der Waals surface area contributed by atoms with Gasteiger partial charge in [-0.3, -0.25) is 4.79 Å². The fraction of sp³-hybridized carbons (Fsp3) is 0.167. The quantitative estimate of drug-likeness (QED) is 0.779. The Morgan fingerprint density at radius 2 is 2.00 bits per heavy atom. The molecular weight excluding hydrogens is 298 g/mol. The molecule has 2 aromatic carbocycles. The zero-order valence-electron chi connectivity index (χ0n) is 12.4. The molecule has 3 nitrogen and oxygen atoms in total. The first kappa shape index (κ1) is 16.1. The van der Waals surface area contributed by atoms with E-state index >= 15 is 0 Å². The summed E-state index contributed by atoms with van der Waals surface area (Å²) in [5.74, 6) is 0.635. The summed E-state index contributed by atoms with van der Waals surface area (Å²) in [5.41, 5.74) is 1.61. The van der Waals surface area contributed by atoms with E-state index in [4.69, 9.17) is 16.3 Å². The second kappa shape index (κ2) is 8.25. The van der Waals surface area contributed by atoms with Crippen LogP contribution in [0.15, 0.2) is 54.6 Å². The molecule has 1 amide bonds. The number of hydrogen-bond acceptors (Lipinski definition) is 2. The largest absolute Gasteiger partial charge is 0.494 e. The molecule has 0 aliphatic carbocycles. The number of carbonyl (C=O) groups is 1. The van der Waals surface area contributed by atoms with Gasteiger partial charge in [0.25, 0.3) is 0 Å². The molecule has 2 aromatic rings. The summed E-state index contributed by atoms with van der Waals surface area (Å²) in [6, 6.07) is 14.6. The lowest BCUT2D eigenvalue weighted by atomic mass is 10.2. The van der Waals surface area contributed by atoms with Crippen LogP contribution < -0.4 is 10.1 Å². The molecule has 0 aliphatic heterocycles. The van der Waals surface area contributed by atoms with E-state index < -0.39 is 0 Å². The highest BCUT2D eigenvalue weighted by Crippen LogP contribution is 2.16. The average molecular weight is 316 g/mol. The fourth-order valence-electron chi connectivity index (χ4n) is 1.82. The first-order chi connectivity index (χ1) is 10.7. The Kier molecular flexibility index (Phi) is 6.04. The van der Waals surface area contributed by atoms with Crippen molar-refractivity contribution < 1.29 is 9.53 Å². The summed E-state index contributed by atoms with van der Waals surface area (Å²) in [4.78, 5) is 11.8. The highest BCUT2D eigenvalue weighted by molar-refractivity contribution is 6.30. The van der Waals surface area contributed by atoms with Gasteiger partial charge >= 0.3 is 0 Å². The molecule has 0 saturated carbocycles. The van der Waals surface area contributed by atoms with Gasteiger partial charge < -0.3 is 10.1 Å². The van der Waals surface area contributed by atoms with Crippen LogP contribution in [0, 0.1) is 0 Å². The smallest absolute Gasteiger partial charge is 0.248 e. The maximum absolute atomic E-state index is 11.8. The van der Waals surface area contributed by atoms with Crippen molar-refractivity contribution in [3.8, 4) is 5.75 Å². The van der Waals surface area contributed by atoms with Crippen LogP contribution in [0.25, 0.3) is 6.08 Å². The average Bonchev–Trinajstić information content (AvgIpc) is 2.52. The monoisotopic (exact) mass is 315 g/mol. The van der Waals surface area contributed by atoms with Crippen molar-refractivity contribution in [2.24, 2.45) is 0 Å². The fourth-order valence-corrected chi connectivity index (χ4v) is 2.01. The maximum atomic E-state index is 11.8. The predicted octanol–water partition coefficient (Wildman–Crippen LogP) is 4.78. The first-order valence-corrected chi connectivity index (χ1v) is 7.52. The Balaban J connectivity index is 1.92. The first-order valence-electron chi connectivity index (χ1n) is 7.15. The summed E-state index contributed by atoms with van der Waals surface area (Å²) in [5, 5.41) is 3.34. The molecule has 0 aliphatic rings. The van der Waals surface area contributed by atoms with Crippen LogP contribution in [0.2, 0.25) is 5.02 Å². The van der Waals surface area contributed by atoms with Gasteiger partial charge in [-0.2, -0.15) is 0 Å². The highest BCUT2D eigenvalue weighted by atomic mass is 35.5. The number of benzene rings is 2. The summed E-state index contributed by atoms with van der Waals surface area (Å²) in [7, 11) is 0. The molecule has 22 heavy (non-hydrogen) atoms. The molecule has 0 fully saturated rings. The minimum absolute atomic E-state index is 0.200. The van der Waals surface area contributed by atoms with E-state index in [0.717, 1.165) is 17.7 Å². The molecule has 0 bridgehead atoms. The van der Waals surface area contributed by atoms with Gasteiger partial charge in [-0.1, -0.05) is 36.7 Å². The van der Waals surface area contributed by atoms with E-state index in [-0.39, 0.29) is 5.91 Å². The van der Waals surface area contributed by atoms with E-state index in [1.807, 2.05) is 24.3 Å². The van der Waals surface area contributed by atoms with E-state index in [9.17, 15) is 4.79 Å². The third kappa shape index (κ3) is 5.26. The minimum Gasteiger partial charge on any atom is -0.494 e. The van der Waals surface area contributed by atoms with E-state index in [1.54, 1.807) is 30.3 Å². The van der Waals surface area contributed by atoms with Gasteiger partial charge in [-0.25, -0.2) is 0 Å². The number of nitrogens with one attached hydrogen (secondary N) is 1. The Morgan fingerprint density at radius 1 is 1.23 bits per heavy atom. The maximum Gasteiger partial charge on any atom is 0.248 e. The Hall–Kier alpha value is -2.26. The van der Waals surface area contributed by atoms with Crippen LogP contribution in [0.3, 0.4) is 0 Å². The van der Waals surface area contributed by atoms with Gasteiger partial charge in [0, 0.05) is 16.8 Å². The zero-order chi connectivity index (χ0) is 15.8. The molecule has 0 spiro atoms. The molecule has 0 atom stereocenters. The predicted molar refractivity (Wildman–Crippen MR) is 91.3 cm³/mol. The Morgan fingerprint density at radius 3 is 2.68 bits per heavy atom. The summed E-state index contributed by atoms with van der Waals surface area (Å²) in [6.07, 6.45) is 4.22. The number of ether oxygens (including phenoxy) is 1. The Bertz CT molecular complexity index is 650. The summed E-state index contributed by atoms with van der Waals surface area (Å²) in [6.45, 7) is 2.77. The molecule has 0 unspecified atom stereocenters. The van der Waals surface area contributed by atoms with Crippen molar-refractivity contribution >= 4 is 29.3 Å². The summed E-state index contributed by atoms with van der Waals surface area (Å²) >= 11 is 5.87. The summed E-state index contributed by atoms with van der Waals surface area (Å²) < 4.78 is 5.51. The van der Waals surface area contributed by atoms with E-state index in [0.29, 0.717) is 17.3 Å². The van der Waals surface area contributed by atoms with Gasteiger partial charge in [0.1, 0.15) is 5.75 Å². The molecule has 114 valence electrons. The molecule has 0 radical (unpaired) electrons. The molecule has 0 heterocycles. The molecule has 0 aromatic heterocycles. The number of amides is 1. The van der Waals surface area contributed by atoms with Crippen LogP contribution in [-0.2, 0) is 4.79 Å². The van der Waals surface area contributed by atoms with Gasteiger partial charge in [0.2, 0.25) is 5.91 Å². The van der Waals surface area contributed by atoms with Gasteiger partial charge in [0.15, 0.2) is 0 Å². The van der Waals surface area contributed by atoms with Crippen molar-refractivity contribution in [3.63, 3.8) is 0 Å². The number of carbonyl (C=O) groups excluding carboxylic acids is 1. The van der Waals surface area contributed by atoms with Crippen molar-refractivity contribution in [2.75, 3.05) is 11.9 Å². The minimum atomic E-state index is -0.200. The number of halogens is 1. The molecule has 2 rings (SSSR count). The lowest BCUT2D eigenvalue weighted by Crippen LogP contribution is -2.07. The van der Waals surface area contributed by atoms with Crippen molar-refractivity contribution in [3.05, 3.63) is 65.2 Å². The van der Waals surface area contributed by atoms with Gasteiger partial charge in [-0.15, -0.1) is 0 Å². The van der Waals surface area contributed by atoms with E-state index in [2.05, 4.69) is 12.2 Å². The van der Waals surface area contributed by atoms with Crippen LogP contribution in [-0.4, -0.2) is 12.5 Å². The van der Waals surface area contributed by atoms with Crippen LogP contribution in [0.1, 0.15) is 18.9 Å². The SMILES string of the molecule is CCCOc1ccc(/C=C/C(=O)Nc2cccc(Cl)c2)cc1. The lowest BCUT2D eigenvalue weighted by molar-refractivity contribution is -0.111. The van der Waals surface area contributed by atoms with Gasteiger partial charge in [0.05, 0.1) is 6.61 Å². The third-order valence-electron chi connectivity index (χ3n) is 2.87. The second-order valence-electron chi connectivity index (χ2n) is 4.75. The van der Waals surface area contributed by atoms with Crippen LogP contribution >= 0.6 is 11.6 Å². The number of hydrogen-bond donors (Lipinski definition) is 1. The topological polar surface area (TPSA) is 38.3 Å². The van der Waals surface area contributed by atoms with Crippen LogP contribution in [0.5, 0.6) is 5.75 Å². The van der Waals surface area contributed by atoms with Crippen molar-refractivity contribution in [1.29, 1.82) is 0 Å². The third-order valence-corrected chi connectivity index (χ3v) is 3.11. The van der Waals surface area contributed by atoms with E-state index in [1.165, 1.54) is 6.08 Å². The standard InChI is InChI=1S/C18H18ClNO2/c1-2-12-22-17-9-6-14(7-10-17)8-11-18(21)20-16-5-3-4-15(19)13-16/h3-11,13H,2,12H2,1H3,(H,20,21)/b11-8+. The molecule has 4 heteroatoms. The van der Waals surface area contributed by atoms with Gasteiger partial charge in [-0.05, 0) is 48.4 Å². The second-order valence-corrected chi connectivity index (χ2v) is 5.19. The molecular formula is C18H18ClNO2. The lowest BCUT2D eigenvalue weighted by Gasteiger charge is -2.04. The zero-order valence-corrected chi connectivity index (χ0v) is 13.1. The van der Waals surface area contributed by atoms with Crippen molar-refractivity contribution in [1.82, 2.24) is 0 Å². The van der Waals surface area contributed by atoms with Crippen LogP contribution in [0.4, 0.5) is 5.69 Å². The highest BCUT2D eigenvalue weighted by Gasteiger charge is 1.99. The normalized spacial score (nSPS) is 10.6. The number of rotatable bonds is 6. The molecule has 0 saturated heterocycles. The Labute approximate surface area is 135 Å². The van der Waals surface area contributed by atoms with Crippen molar-refractivity contribution in [2.45, 2.75) is 13.3 Å². The molecule has 1 N–H and O–H groups in total. The number of anilines is 1.